The summed E-state index contributed by atoms with van der Waals surface area (Å²) in [4.78, 5) is 28.8. The summed E-state index contributed by atoms with van der Waals surface area (Å²) in [6.07, 6.45) is -0.282. The van der Waals surface area contributed by atoms with Crippen molar-refractivity contribution in [2.45, 2.75) is 33.4 Å². The number of ketones is 1. The van der Waals surface area contributed by atoms with Gasteiger partial charge in [0, 0.05) is 37.4 Å². The molecule has 0 aliphatic carbocycles. The molecule has 1 amide bonds. The Hall–Kier alpha value is -2.57. The molecule has 1 aliphatic rings. The number of carbonyl (C=O) groups is 2. The van der Waals surface area contributed by atoms with E-state index in [1.807, 2.05) is 75.4 Å². The molecule has 0 bridgehead atoms. The molecule has 1 atom stereocenters. The highest BCUT2D eigenvalue weighted by Crippen LogP contribution is 2.23. The third-order valence-corrected chi connectivity index (χ3v) is 5.48. The van der Waals surface area contributed by atoms with Crippen LogP contribution < -0.4 is 10.6 Å². The Balaban J connectivity index is 0.00000341. The summed E-state index contributed by atoms with van der Waals surface area (Å²) in [6, 6.07) is 16.7. The zero-order valence-corrected chi connectivity index (χ0v) is 19.2. The highest BCUT2D eigenvalue weighted by molar-refractivity contribution is 6.00. The van der Waals surface area contributed by atoms with E-state index in [1.54, 1.807) is 4.90 Å². The zero-order chi connectivity index (χ0) is 21.7. The number of benzene rings is 2. The summed E-state index contributed by atoms with van der Waals surface area (Å²) in [7, 11) is 0. The van der Waals surface area contributed by atoms with Gasteiger partial charge in [-0.2, -0.15) is 0 Å². The Morgan fingerprint density at radius 2 is 1.55 bits per heavy atom. The number of ether oxygens (including phenoxy) is 1. The number of nitrogens with two attached hydrogens (primary N) is 1. The van der Waals surface area contributed by atoms with Gasteiger partial charge in [-0.15, -0.1) is 12.4 Å². The molecule has 6 nitrogen and oxygen atoms in total. The summed E-state index contributed by atoms with van der Waals surface area (Å²) in [5.74, 6) is -0.0416. The van der Waals surface area contributed by atoms with Crippen molar-refractivity contribution >= 4 is 30.0 Å². The van der Waals surface area contributed by atoms with Gasteiger partial charge in [-0.3, -0.25) is 4.79 Å². The molecule has 3 rings (SSSR count). The fourth-order valence-electron chi connectivity index (χ4n) is 3.37. The van der Waals surface area contributed by atoms with Gasteiger partial charge in [-0.1, -0.05) is 51.1 Å². The second-order valence-electron chi connectivity index (χ2n) is 8.77. The van der Waals surface area contributed by atoms with Crippen LogP contribution in [-0.4, -0.2) is 49.0 Å². The van der Waals surface area contributed by atoms with Gasteiger partial charge < -0.3 is 20.3 Å². The highest BCUT2D eigenvalue weighted by Gasteiger charge is 2.28. The number of hydrogen-bond acceptors (Lipinski definition) is 5. The number of anilines is 1. The average Bonchev–Trinajstić information content (AvgIpc) is 2.77. The quantitative estimate of drug-likeness (QED) is 0.700. The monoisotopic (exact) mass is 445 g/mol. The predicted molar refractivity (Wildman–Crippen MR) is 126 cm³/mol. The van der Waals surface area contributed by atoms with Gasteiger partial charge in [-0.25, -0.2) is 4.79 Å². The number of amides is 1. The van der Waals surface area contributed by atoms with E-state index < -0.39 is 6.04 Å². The van der Waals surface area contributed by atoms with Crippen molar-refractivity contribution in [2.75, 3.05) is 31.1 Å². The first-order chi connectivity index (χ1) is 14.3. The molecule has 0 aromatic heterocycles. The van der Waals surface area contributed by atoms with Crippen LogP contribution in [0.4, 0.5) is 10.5 Å². The van der Waals surface area contributed by atoms with Crippen LogP contribution in [0.25, 0.3) is 0 Å². The lowest BCUT2D eigenvalue weighted by molar-refractivity contribution is 0.0899. The number of rotatable bonds is 5. The molecular weight excluding hydrogens is 414 g/mol. The van der Waals surface area contributed by atoms with Gasteiger partial charge in [0.1, 0.15) is 6.61 Å². The van der Waals surface area contributed by atoms with E-state index in [-0.39, 0.29) is 36.3 Å². The van der Waals surface area contributed by atoms with E-state index in [4.69, 9.17) is 10.5 Å². The lowest BCUT2D eigenvalue weighted by Gasteiger charge is -2.35. The van der Waals surface area contributed by atoms with E-state index >= 15 is 0 Å². The molecule has 2 N–H and O–H groups in total. The van der Waals surface area contributed by atoms with Crippen molar-refractivity contribution in [3.05, 3.63) is 65.7 Å². The maximum Gasteiger partial charge on any atom is 0.410 e. The Kier molecular flexibility index (Phi) is 8.48. The van der Waals surface area contributed by atoms with E-state index in [1.165, 1.54) is 0 Å². The smallest absolute Gasteiger partial charge is 0.410 e. The van der Waals surface area contributed by atoms with Crippen LogP contribution in [-0.2, 0) is 11.3 Å². The fourth-order valence-corrected chi connectivity index (χ4v) is 3.37. The number of carbonyl (C=O) groups excluding carboxylic acids is 2. The topological polar surface area (TPSA) is 75.9 Å². The first-order valence-electron chi connectivity index (χ1n) is 10.4. The van der Waals surface area contributed by atoms with Crippen LogP contribution in [0.3, 0.4) is 0 Å². The third-order valence-electron chi connectivity index (χ3n) is 5.48. The first-order valence-corrected chi connectivity index (χ1v) is 10.4. The molecular formula is C24H32ClN3O3. The van der Waals surface area contributed by atoms with Crippen LogP contribution in [0.2, 0.25) is 0 Å². The molecule has 0 spiro atoms. The van der Waals surface area contributed by atoms with Crippen molar-refractivity contribution in [1.82, 2.24) is 4.90 Å². The van der Waals surface area contributed by atoms with E-state index in [2.05, 4.69) is 4.90 Å². The van der Waals surface area contributed by atoms with Crippen LogP contribution in [0.1, 0.15) is 36.7 Å². The van der Waals surface area contributed by atoms with E-state index in [0.29, 0.717) is 18.7 Å². The average molecular weight is 446 g/mol. The van der Waals surface area contributed by atoms with Gasteiger partial charge in [-0.05, 0) is 35.2 Å². The molecule has 0 saturated carbocycles. The maximum absolute atomic E-state index is 12.6. The summed E-state index contributed by atoms with van der Waals surface area (Å²) < 4.78 is 5.42. The van der Waals surface area contributed by atoms with Gasteiger partial charge in [0.15, 0.2) is 5.78 Å². The van der Waals surface area contributed by atoms with Crippen molar-refractivity contribution in [3.63, 3.8) is 0 Å². The highest BCUT2D eigenvalue weighted by atomic mass is 35.5. The molecule has 7 heteroatoms. The second-order valence-corrected chi connectivity index (χ2v) is 8.77. The predicted octanol–water partition coefficient (Wildman–Crippen LogP) is 4.12. The molecule has 2 aromatic carbocycles. The van der Waals surface area contributed by atoms with Crippen LogP contribution in [0, 0.1) is 5.41 Å². The van der Waals surface area contributed by atoms with Crippen molar-refractivity contribution in [1.29, 1.82) is 0 Å². The van der Waals surface area contributed by atoms with Crippen LogP contribution in [0.15, 0.2) is 54.6 Å². The Labute approximate surface area is 190 Å². The van der Waals surface area contributed by atoms with Crippen molar-refractivity contribution < 1.29 is 14.3 Å². The molecule has 1 aliphatic heterocycles. The molecule has 1 heterocycles. The normalized spacial score (nSPS) is 15.1. The van der Waals surface area contributed by atoms with Crippen LogP contribution >= 0.6 is 12.4 Å². The number of Topliss-reactive ketones (excluding diaryl/α,β-unsaturated/α-hetero) is 1. The van der Waals surface area contributed by atoms with Crippen molar-refractivity contribution in [3.8, 4) is 0 Å². The molecule has 1 fully saturated rings. The second kappa shape index (κ2) is 10.6. The summed E-state index contributed by atoms with van der Waals surface area (Å²) in [5, 5.41) is 0. The van der Waals surface area contributed by atoms with Crippen LogP contribution in [0.5, 0.6) is 0 Å². The minimum atomic E-state index is -0.534. The number of nitrogens with zero attached hydrogens (tertiary/aromatic N) is 2. The van der Waals surface area contributed by atoms with E-state index in [0.717, 1.165) is 24.3 Å². The number of halogens is 1. The van der Waals surface area contributed by atoms with Crippen molar-refractivity contribution in [2.24, 2.45) is 11.1 Å². The molecule has 168 valence electrons. The Bertz CT molecular complexity index is 858. The standard InChI is InChI=1S/C24H31N3O3.ClH/c1-24(2,3)22(25)21(28)19-9-11-20(12-10-19)26-13-15-27(16-14-26)23(29)30-17-18-7-5-4-6-8-18;/h4-12,22H,13-17,25H2,1-3H3;1H/t22-;/m1./s1. The molecule has 0 radical (unpaired) electrons. The molecule has 2 aromatic rings. The molecule has 31 heavy (non-hydrogen) atoms. The maximum atomic E-state index is 12.6. The minimum Gasteiger partial charge on any atom is -0.445 e. The minimum absolute atomic E-state index is 0. The SMILES string of the molecule is CC(C)(C)[C@H](N)C(=O)c1ccc(N2CCN(C(=O)OCc3ccccc3)CC2)cc1.Cl. The third kappa shape index (κ3) is 6.45. The number of hydrogen-bond donors (Lipinski definition) is 1. The lowest BCUT2D eigenvalue weighted by Crippen LogP contribution is -2.49. The molecule has 0 unspecified atom stereocenters. The fraction of sp³-hybridized carbons (Fsp3) is 0.417. The van der Waals surface area contributed by atoms with E-state index in [9.17, 15) is 9.59 Å². The van der Waals surface area contributed by atoms with Gasteiger partial charge in [0.25, 0.3) is 0 Å². The largest absolute Gasteiger partial charge is 0.445 e. The Morgan fingerprint density at radius 1 is 0.968 bits per heavy atom. The first kappa shape index (κ1) is 24.7. The van der Waals surface area contributed by atoms with Gasteiger partial charge in [0.2, 0.25) is 0 Å². The summed E-state index contributed by atoms with van der Waals surface area (Å²) in [6.45, 7) is 8.82. The van der Waals surface area contributed by atoms with Gasteiger partial charge in [0.05, 0.1) is 6.04 Å². The summed E-state index contributed by atoms with van der Waals surface area (Å²) >= 11 is 0. The zero-order valence-electron chi connectivity index (χ0n) is 18.4. The molecule has 1 saturated heterocycles. The van der Waals surface area contributed by atoms with Gasteiger partial charge >= 0.3 is 6.09 Å². The lowest BCUT2D eigenvalue weighted by atomic mass is 9.83. The summed E-state index contributed by atoms with van der Waals surface area (Å²) in [5.41, 5.74) is 8.47. The Morgan fingerprint density at radius 3 is 2.10 bits per heavy atom. The number of piperazine rings is 1.